The van der Waals surface area contributed by atoms with Gasteiger partial charge in [0.15, 0.2) is 0 Å². The standard InChI is InChI=1S/C22H22O3/c1-17(23)20-12-21(24-15-18-8-4-2-5-9-18)14-22(13-20)25-16-19-10-6-3-7-11-19/h2-14,17,23H,15-16H2,1H3. The maximum atomic E-state index is 9.93. The van der Waals surface area contributed by atoms with Gasteiger partial charge in [0.25, 0.3) is 0 Å². The Balaban J connectivity index is 1.72. The molecule has 3 rings (SSSR count). The smallest absolute Gasteiger partial charge is 0.123 e. The molecule has 25 heavy (non-hydrogen) atoms. The third-order valence-corrected chi connectivity index (χ3v) is 3.88. The lowest BCUT2D eigenvalue weighted by Crippen LogP contribution is -2.00. The Hall–Kier alpha value is -2.78. The number of aliphatic hydroxyl groups excluding tert-OH is 1. The van der Waals surface area contributed by atoms with Gasteiger partial charge in [-0.2, -0.15) is 0 Å². The van der Waals surface area contributed by atoms with Crippen molar-refractivity contribution in [2.24, 2.45) is 0 Å². The maximum Gasteiger partial charge on any atom is 0.123 e. The summed E-state index contributed by atoms with van der Waals surface area (Å²) in [5, 5.41) is 9.93. The molecule has 0 bridgehead atoms. The highest BCUT2D eigenvalue weighted by Crippen LogP contribution is 2.28. The Morgan fingerprint density at radius 3 is 1.56 bits per heavy atom. The summed E-state index contributed by atoms with van der Waals surface area (Å²) < 4.78 is 11.8. The van der Waals surface area contributed by atoms with Crippen molar-refractivity contribution in [1.82, 2.24) is 0 Å². The van der Waals surface area contributed by atoms with Gasteiger partial charge >= 0.3 is 0 Å². The minimum absolute atomic E-state index is 0.474. The fourth-order valence-electron chi connectivity index (χ4n) is 2.48. The summed E-state index contributed by atoms with van der Waals surface area (Å²) in [5.41, 5.74) is 2.96. The Kier molecular flexibility index (Phi) is 5.70. The fourth-order valence-corrected chi connectivity index (χ4v) is 2.48. The first-order valence-corrected chi connectivity index (χ1v) is 8.37. The molecule has 0 aliphatic heterocycles. The minimum atomic E-state index is -0.584. The van der Waals surface area contributed by atoms with Crippen LogP contribution in [0.3, 0.4) is 0 Å². The molecule has 128 valence electrons. The van der Waals surface area contributed by atoms with Crippen molar-refractivity contribution in [2.75, 3.05) is 0 Å². The molecule has 0 aromatic heterocycles. The molecule has 0 aliphatic rings. The number of rotatable bonds is 7. The van der Waals surface area contributed by atoms with Crippen LogP contribution in [-0.2, 0) is 13.2 Å². The molecule has 0 fully saturated rings. The molecule has 3 aromatic carbocycles. The quantitative estimate of drug-likeness (QED) is 0.668. The monoisotopic (exact) mass is 334 g/mol. The van der Waals surface area contributed by atoms with E-state index in [-0.39, 0.29) is 0 Å². The Bertz CT molecular complexity index is 721. The van der Waals surface area contributed by atoms with Crippen LogP contribution in [0.5, 0.6) is 11.5 Å². The zero-order valence-corrected chi connectivity index (χ0v) is 14.3. The lowest BCUT2D eigenvalue weighted by atomic mass is 10.1. The van der Waals surface area contributed by atoms with E-state index in [0.717, 1.165) is 16.7 Å². The van der Waals surface area contributed by atoms with Crippen LogP contribution in [0.15, 0.2) is 78.9 Å². The van der Waals surface area contributed by atoms with Crippen LogP contribution in [0.2, 0.25) is 0 Å². The van der Waals surface area contributed by atoms with Gasteiger partial charge in [-0.15, -0.1) is 0 Å². The summed E-state index contributed by atoms with van der Waals surface area (Å²) in [6.07, 6.45) is -0.584. The summed E-state index contributed by atoms with van der Waals surface area (Å²) >= 11 is 0. The summed E-state index contributed by atoms with van der Waals surface area (Å²) in [5.74, 6) is 1.37. The van der Waals surface area contributed by atoms with Crippen LogP contribution in [0.4, 0.5) is 0 Å². The van der Waals surface area contributed by atoms with E-state index >= 15 is 0 Å². The van der Waals surface area contributed by atoms with Gasteiger partial charge in [0, 0.05) is 6.07 Å². The van der Waals surface area contributed by atoms with E-state index < -0.39 is 6.10 Å². The average Bonchev–Trinajstić information content (AvgIpc) is 2.66. The normalized spacial score (nSPS) is 11.8. The Morgan fingerprint density at radius 2 is 1.16 bits per heavy atom. The van der Waals surface area contributed by atoms with Crippen molar-refractivity contribution < 1.29 is 14.6 Å². The van der Waals surface area contributed by atoms with Gasteiger partial charge in [-0.3, -0.25) is 0 Å². The summed E-state index contributed by atoms with van der Waals surface area (Å²) in [4.78, 5) is 0. The van der Waals surface area contributed by atoms with E-state index in [1.165, 1.54) is 0 Å². The zero-order chi connectivity index (χ0) is 17.5. The van der Waals surface area contributed by atoms with Crippen LogP contribution in [0.1, 0.15) is 29.7 Å². The minimum Gasteiger partial charge on any atom is -0.489 e. The molecular weight excluding hydrogens is 312 g/mol. The molecule has 1 atom stereocenters. The molecule has 1 unspecified atom stereocenters. The largest absolute Gasteiger partial charge is 0.489 e. The molecule has 0 amide bonds. The van der Waals surface area contributed by atoms with Crippen molar-refractivity contribution in [3.63, 3.8) is 0 Å². The number of ether oxygens (including phenoxy) is 2. The Labute approximate surface area is 148 Å². The van der Waals surface area contributed by atoms with E-state index in [0.29, 0.717) is 24.7 Å². The zero-order valence-electron chi connectivity index (χ0n) is 14.3. The fraction of sp³-hybridized carbons (Fsp3) is 0.182. The molecule has 0 heterocycles. The summed E-state index contributed by atoms with van der Waals surface area (Å²) in [7, 11) is 0. The van der Waals surface area contributed by atoms with Gasteiger partial charge in [0.1, 0.15) is 24.7 Å². The van der Waals surface area contributed by atoms with E-state index in [1.54, 1.807) is 6.92 Å². The van der Waals surface area contributed by atoms with Gasteiger partial charge in [0.2, 0.25) is 0 Å². The highest BCUT2D eigenvalue weighted by atomic mass is 16.5. The highest BCUT2D eigenvalue weighted by molar-refractivity contribution is 5.39. The predicted molar refractivity (Wildman–Crippen MR) is 98.6 cm³/mol. The van der Waals surface area contributed by atoms with Crippen molar-refractivity contribution in [3.8, 4) is 11.5 Å². The van der Waals surface area contributed by atoms with Gasteiger partial charge in [-0.05, 0) is 35.7 Å². The van der Waals surface area contributed by atoms with E-state index in [9.17, 15) is 5.11 Å². The third-order valence-electron chi connectivity index (χ3n) is 3.88. The number of benzene rings is 3. The van der Waals surface area contributed by atoms with Crippen molar-refractivity contribution in [1.29, 1.82) is 0 Å². The lowest BCUT2D eigenvalue weighted by molar-refractivity contribution is 0.197. The van der Waals surface area contributed by atoms with Crippen molar-refractivity contribution in [2.45, 2.75) is 26.2 Å². The van der Waals surface area contributed by atoms with Crippen molar-refractivity contribution in [3.05, 3.63) is 95.6 Å². The van der Waals surface area contributed by atoms with Crippen LogP contribution in [0.25, 0.3) is 0 Å². The first-order chi connectivity index (χ1) is 12.2. The van der Waals surface area contributed by atoms with E-state index in [2.05, 4.69) is 0 Å². The van der Waals surface area contributed by atoms with Crippen LogP contribution >= 0.6 is 0 Å². The predicted octanol–water partition coefficient (Wildman–Crippen LogP) is 4.90. The molecule has 3 nitrogen and oxygen atoms in total. The number of hydrogen-bond donors (Lipinski definition) is 1. The molecule has 3 heteroatoms. The van der Waals surface area contributed by atoms with Crippen LogP contribution in [-0.4, -0.2) is 5.11 Å². The van der Waals surface area contributed by atoms with Gasteiger partial charge in [-0.1, -0.05) is 60.7 Å². The van der Waals surface area contributed by atoms with Gasteiger partial charge in [-0.25, -0.2) is 0 Å². The summed E-state index contributed by atoms with van der Waals surface area (Å²) in [6.45, 7) is 2.68. The second-order valence-corrected chi connectivity index (χ2v) is 5.96. The molecule has 0 saturated heterocycles. The molecule has 0 radical (unpaired) electrons. The Morgan fingerprint density at radius 1 is 0.720 bits per heavy atom. The maximum absolute atomic E-state index is 9.93. The SMILES string of the molecule is CC(O)c1cc(OCc2ccccc2)cc(OCc2ccccc2)c1. The third kappa shape index (κ3) is 5.10. The molecular formula is C22H22O3. The van der Waals surface area contributed by atoms with E-state index in [4.69, 9.17) is 9.47 Å². The van der Waals surface area contributed by atoms with Crippen LogP contribution in [0, 0.1) is 0 Å². The molecule has 0 aliphatic carbocycles. The lowest BCUT2D eigenvalue weighted by Gasteiger charge is -2.14. The first kappa shape index (κ1) is 17.1. The molecule has 3 aromatic rings. The molecule has 0 spiro atoms. The number of hydrogen-bond acceptors (Lipinski definition) is 3. The van der Waals surface area contributed by atoms with Crippen LogP contribution < -0.4 is 9.47 Å². The first-order valence-electron chi connectivity index (χ1n) is 8.37. The number of aliphatic hydroxyl groups is 1. The second kappa shape index (κ2) is 8.36. The second-order valence-electron chi connectivity index (χ2n) is 5.96. The summed E-state index contributed by atoms with van der Waals surface area (Å²) in [6, 6.07) is 25.5. The van der Waals surface area contributed by atoms with Gasteiger partial charge in [0.05, 0.1) is 6.10 Å². The van der Waals surface area contributed by atoms with E-state index in [1.807, 2.05) is 78.9 Å². The molecule has 1 N–H and O–H groups in total. The average molecular weight is 334 g/mol. The topological polar surface area (TPSA) is 38.7 Å². The molecule has 0 saturated carbocycles. The van der Waals surface area contributed by atoms with Crippen molar-refractivity contribution >= 4 is 0 Å². The highest BCUT2D eigenvalue weighted by Gasteiger charge is 2.08. The van der Waals surface area contributed by atoms with Gasteiger partial charge < -0.3 is 14.6 Å².